The van der Waals surface area contributed by atoms with E-state index in [1.165, 1.54) is 5.56 Å². The topological polar surface area (TPSA) is 91.2 Å². The molecule has 1 fully saturated rings. The van der Waals surface area contributed by atoms with Gasteiger partial charge in [-0.1, -0.05) is 36.4 Å². The number of benzene rings is 2. The zero-order valence-electron chi connectivity index (χ0n) is 22.0. The highest BCUT2D eigenvalue weighted by atomic mass is 16.3. The van der Waals surface area contributed by atoms with Crippen molar-refractivity contribution in [3.8, 4) is 6.07 Å². The highest BCUT2D eigenvalue weighted by molar-refractivity contribution is 5.90. The molecule has 0 bridgehead atoms. The molecule has 0 amide bonds. The molecule has 0 unspecified atom stereocenters. The molecule has 1 aliphatic rings. The summed E-state index contributed by atoms with van der Waals surface area (Å²) >= 11 is 0. The molecular formula is C31H34N6O. The molecule has 194 valence electrons. The SMILES string of the molecule is Cc1ncc(C#N)c(Nc2ccc3[nH]ccc3c2C)c1/C=C/c1ccc(CN2CCN(CCO)CC2)cc1. The smallest absolute Gasteiger partial charge is 0.103 e. The largest absolute Gasteiger partial charge is 0.395 e. The predicted molar refractivity (Wildman–Crippen MR) is 154 cm³/mol. The number of aliphatic hydroxyl groups is 1. The molecular weight excluding hydrogens is 472 g/mol. The molecule has 2 aromatic heterocycles. The molecule has 1 aliphatic heterocycles. The number of aromatic amines is 1. The van der Waals surface area contributed by atoms with Crippen molar-refractivity contribution in [2.24, 2.45) is 0 Å². The zero-order chi connectivity index (χ0) is 26.5. The fraction of sp³-hybridized carbons (Fsp3) is 0.290. The Hall–Kier alpha value is -3.96. The van der Waals surface area contributed by atoms with E-state index < -0.39 is 0 Å². The Bertz CT molecular complexity index is 1470. The van der Waals surface area contributed by atoms with Gasteiger partial charge in [-0.2, -0.15) is 5.26 Å². The summed E-state index contributed by atoms with van der Waals surface area (Å²) in [5.41, 5.74) is 8.62. The Kier molecular flexibility index (Phi) is 7.85. The maximum atomic E-state index is 9.83. The lowest BCUT2D eigenvalue weighted by Gasteiger charge is -2.34. The summed E-state index contributed by atoms with van der Waals surface area (Å²) in [6, 6.07) is 17.1. The van der Waals surface area contributed by atoms with Gasteiger partial charge in [0.05, 0.1) is 17.9 Å². The number of piperazine rings is 1. The van der Waals surface area contributed by atoms with Crippen LogP contribution in [0.1, 0.15) is 33.5 Å². The number of anilines is 2. The maximum Gasteiger partial charge on any atom is 0.103 e. The monoisotopic (exact) mass is 506 g/mol. The number of nitriles is 1. The van der Waals surface area contributed by atoms with Gasteiger partial charge in [0.1, 0.15) is 6.07 Å². The first kappa shape index (κ1) is 25.7. The van der Waals surface area contributed by atoms with Crippen LogP contribution in [0.25, 0.3) is 23.1 Å². The van der Waals surface area contributed by atoms with Crippen LogP contribution >= 0.6 is 0 Å². The van der Waals surface area contributed by atoms with Gasteiger partial charge in [-0.15, -0.1) is 0 Å². The molecule has 1 saturated heterocycles. The van der Waals surface area contributed by atoms with Gasteiger partial charge < -0.3 is 15.4 Å². The van der Waals surface area contributed by atoms with Crippen molar-refractivity contribution in [1.82, 2.24) is 19.8 Å². The van der Waals surface area contributed by atoms with E-state index in [-0.39, 0.29) is 6.61 Å². The molecule has 5 rings (SSSR count). The molecule has 0 aliphatic carbocycles. The second kappa shape index (κ2) is 11.6. The van der Waals surface area contributed by atoms with E-state index in [1.54, 1.807) is 6.20 Å². The number of hydrogen-bond donors (Lipinski definition) is 3. The Labute approximate surface area is 224 Å². The van der Waals surface area contributed by atoms with Gasteiger partial charge in [0, 0.05) is 79.5 Å². The fourth-order valence-electron chi connectivity index (χ4n) is 5.08. The number of nitrogens with zero attached hydrogens (tertiary/aromatic N) is 4. The first-order valence-electron chi connectivity index (χ1n) is 13.1. The summed E-state index contributed by atoms with van der Waals surface area (Å²) in [6.07, 6.45) is 7.70. The zero-order valence-corrected chi connectivity index (χ0v) is 22.0. The molecule has 0 saturated carbocycles. The number of rotatable bonds is 8. The molecule has 7 heteroatoms. The number of nitrogens with one attached hydrogen (secondary N) is 2. The van der Waals surface area contributed by atoms with Crippen LogP contribution < -0.4 is 5.32 Å². The van der Waals surface area contributed by atoms with Crippen molar-refractivity contribution in [2.75, 3.05) is 44.6 Å². The first-order valence-corrected chi connectivity index (χ1v) is 13.1. The molecule has 3 heterocycles. The van der Waals surface area contributed by atoms with E-state index in [9.17, 15) is 5.26 Å². The van der Waals surface area contributed by atoms with Crippen LogP contribution in [0.3, 0.4) is 0 Å². The minimum atomic E-state index is 0.228. The summed E-state index contributed by atoms with van der Waals surface area (Å²) in [5, 5.41) is 23.7. The molecule has 38 heavy (non-hydrogen) atoms. The lowest BCUT2D eigenvalue weighted by molar-refractivity contribution is 0.108. The average molecular weight is 507 g/mol. The third-order valence-corrected chi connectivity index (χ3v) is 7.41. The number of aromatic nitrogens is 2. The quantitative estimate of drug-likeness (QED) is 0.309. The second-order valence-electron chi connectivity index (χ2n) is 9.88. The van der Waals surface area contributed by atoms with Crippen LogP contribution in [0.2, 0.25) is 0 Å². The number of β-amino-alcohol motifs (C(OH)–C–C–N with tert-alkyl or cyclic N) is 1. The van der Waals surface area contributed by atoms with Crippen molar-refractivity contribution >= 4 is 34.4 Å². The third-order valence-electron chi connectivity index (χ3n) is 7.41. The number of hydrogen-bond acceptors (Lipinski definition) is 6. The molecule has 7 nitrogen and oxygen atoms in total. The van der Waals surface area contributed by atoms with Gasteiger partial charge in [0.15, 0.2) is 0 Å². The van der Waals surface area contributed by atoms with Crippen molar-refractivity contribution in [3.05, 3.63) is 88.4 Å². The van der Waals surface area contributed by atoms with Gasteiger partial charge in [0.25, 0.3) is 0 Å². The lowest BCUT2D eigenvalue weighted by atomic mass is 10.0. The summed E-state index contributed by atoms with van der Waals surface area (Å²) < 4.78 is 0. The number of pyridine rings is 1. The number of aliphatic hydroxyl groups excluding tert-OH is 1. The van der Waals surface area contributed by atoms with Crippen molar-refractivity contribution in [1.29, 1.82) is 5.26 Å². The van der Waals surface area contributed by atoms with Gasteiger partial charge in [-0.05, 0) is 48.7 Å². The van der Waals surface area contributed by atoms with Crippen molar-refractivity contribution in [3.63, 3.8) is 0 Å². The Balaban J connectivity index is 1.33. The van der Waals surface area contributed by atoms with E-state index in [0.717, 1.165) is 83.9 Å². The highest BCUT2D eigenvalue weighted by Crippen LogP contribution is 2.32. The van der Waals surface area contributed by atoms with E-state index >= 15 is 0 Å². The number of H-pyrrole nitrogens is 1. The summed E-state index contributed by atoms with van der Waals surface area (Å²) in [4.78, 5) is 12.5. The van der Waals surface area contributed by atoms with Crippen LogP contribution in [0.4, 0.5) is 11.4 Å². The third kappa shape index (κ3) is 5.63. The Morgan fingerprint density at radius 2 is 1.79 bits per heavy atom. The highest BCUT2D eigenvalue weighted by Gasteiger charge is 2.16. The predicted octanol–water partition coefficient (Wildman–Crippen LogP) is 5.08. The van der Waals surface area contributed by atoms with E-state index in [4.69, 9.17) is 5.11 Å². The standard InChI is InChI=1S/C31H34N6O/c1-22-27-11-12-33-30(27)10-9-29(22)35-31-26(19-32)20-34-23(2)28(31)8-7-24-3-5-25(6-4-24)21-37-15-13-36(14-16-37)17-18-38/h3-12,20,33,38H,13-18,21H2,1-2H3,(H,34,35)/b8-7+. The Morgan fingerprint density at radius 3 is 2.53 bits per heavy atom. The average Bonchev–Trinajstić information content (AvgIpc) is 3.42. The van der Waals surface area contributed by atoms with Crippen LogP contribution in [0, 0.1) is 25.2 Å². The van der Waals surface area contributed by atoms with E-state index in [2.05, 4.69) is 80.6 Å². The molecule has 0 radical (unpaired) electrons. The van der Waals surface area contributed by atoms with Gasteiger partial charge >= 0.3 is 0 Å². The maximum absolute atomic E-state index is 9.83. The van der Waals surface area contributed by atoms with Crippen molar-refractivity contribution < 1.29 is 5.11 Å². The van der Waals surface area contributed by atoms with Crippen LogP contribution in [0.5, 0.6) is 0 Å². The van der Waals surface area contributed by atoms with Crippen LogP contribution in [0.15, 0.2) is 54.9 Å². The first-order chi connectivity index (χ1) is 18.6. The van der Waals surface area contributed by atoms with E-state index in [0.29, 0.717) is 5.56 Å². The molecule has 3 N–H and O–H groups in total. The van der Waals surface area contributed by atoms with Crippen molar-refractivity contribution in [2.45, 2.75) is 20.4 Å². The summed E-state index contributed by atoms with van der Waals surface area (Å²) in [6.45, 7) is 10.0. The second-order valence-corrected chi connectivity index (χ2v) is 9.88. The minimum Gasteiger partial charge on any atom is -0.395 e. The van der Waals surface area contributed by atoms with Gasteiger partial charge in [0.2, 0.25) is 0 Å². The molecule has 2 aromatic carbocycles. The van der Waals surface area contributed by atoms with Crippen LogP contribution in [-0.2, 0) is 6.54 Å². The normalized spacial score (nSPS) is 14.8. The molecule has 4 aromatic rings. The van der Waals surface area contributed by atoms with E-state index in [1.807, 2.05) is 25.3 Å². The molecule has 0 spiro atoms. The lowest BCUT2D eigenvalue weighted by Crippen LogP contribution is -2.46. The fourth-order valence-corrected chi connectivity index (χ4v) is 5.08. The molecule has 0 atom stereocenters. The minimum absolute atomic E-state index is 0.228. The summed E-state index contributed by atoms with van der Waals surface area (Å²) in [7, 11) is 0. The van der Waals surface area contributed by atoms with Gasteiger partial charge in [-0.3, -0.25) is 14.8 Å². The number of aryl methyl sites for hydroxylation is 2. The summed E-state index contributed by atoms with van der Waals surface area (Å²) in [5.74, 6) is 0. The van der Waals surface area contributed by atoms with Crippen LogP contribution in [-0.4, -0.2) is 64.2 Å². The Morgan fingerprint density at radius 1 is 1.03 bits per heavy atom. The number of fused-ring (bicyclic) bond motifs is 1. The van der Waals surface area contributed by atoms with Gasteiger partial charge in [-0.25, -0.2) is 0 Å².